The van der Waals surface area contributed by atoms with Crippen LogP contribution >= 0.6 is 11.3 Å². The van der Waals surface area contributed by atoms with Crippen LogP contribution in [0.3, 0.4) is 0 Å². The standard InChI is InChI=1S/C17H18N2O2S.C8H11N.C7H12N2O2.C6H9FO.C4H10/c1-9(2)13-8-22-17(19-13)12-7-14(20)11-5-6-15(21-4)10(3)16(11)18-12;1-2-9-8-6-4-3-5-7-8;1-8-7(11)6-3-2-4-9(6)5-10;1-2-4-3-5(4)6(7)8;1-4(2)3/h5-9H,1-4H3,(H,18,20);3-7,9H,2H2,1H3;5-6H,2-4H2,1H3,(H,8,11);4-5H,2-3H2,1H3;4H,1-3H3. The fourth-order valence-corrected chi connectivity index (χ4v) is 6.50. The highest BCUT2D eigenvalue weighted by Gasteiger charge is 2.41. The molecule has 10 nitrogen and oxygen atoms in total. The molecule has 2 fully saturated rings. The largest absolute Gasteiger partial charge is 0.496 e. The summed E-state index contributed by atoms with van der Waals surface area (Å²) in [5, 5.41) is 9.29. The molecule has 6 rings (SSSR count). The Kier molecular flexibility index (Phi) is 19.6. The Morgan fingerprint density at radius 2 is 1.78 bits per heavy atom. The first-order chi connectivity index (χ1) is 25.7. The van der Waals surface area contributed by atoms with Crippen LogP contribution in [0.1, 0.15) is 91.3 Å². The van der Waals surface area contributed by atoms with Crippen LogP contribution in [0.2, 0.25) is 0 Å². The van der Waals surface area contributed by atoms with Gasteiger partial charge >= 0.3 is 6.04 Å². The monoisotopic (exact) mass is 765 g/mol. The van der Waals surface area contributed by atoms with Crippen LogP contribution in [0.15, 0.2) is 58.7 Å². The summed E-state index contributed by atoms with van der Waals surface area (Å²) in [5.41, 5.74) is 4.73. The van der Waals surface area contributed by atoms with Gasteiger partial charge < -0.3 is 25.3 Å². The molecule has 2 aliphatic rings. The molecule has 2 aromatic carbocycles. The lowest BCUT2D eigenvalue weighted by molar-refractivity contribution is -0.131. The van der Waals surface area contributed by atoms with E-state index in [4.69, 9.17) is 4.74 Å². The molecule has 1 aliphatic carbocycles. The molecular weight excluding hydrogens is 706 g/mol. The number of pyridine rings is 1. The zero-order chi connectivity index (χ0) is 40.4. The fraction of sp³-hybridized carbons (Fsp3) is 0.500. The normalized spacial score (nSPS) is 16.7. The van der Waals surface area contributed by atoms with E-state index in [2.05, 4.69) is 74.3 Å². The lowest BCUT2D eigenvalue weighted by Gasteiger charge is -2.17. The van der Waals surface area contributed by atoms with E-state index in [1.165, 1.54) is 5.69 Å². The summed E-state index contributed by atoms with van der Waals surface area (Å²) < 4.78 is 17.0. The number of ether oxygens (including phenoxy) is 1. The number of aryl methyl sites for hydroxylation is 1. The van der Waals surface area contributed by atoms with Crippen LogP contribution in [0.4, 0.5) is 10.1 Å². The van der Waals surface area contributed by atoms with Gasteiger partial charge in [-0.25, -0.2) is 4.98 Å². The van der Waals surface area contributed by atoms with Crippen LogP contribution in [0.5, 0.6) is 5.75 Å². The lowest BCUT2D eigenvalue weighted by Crippen LogP contribution is -2.41. The number of H-pyrrole nitrogens is 1. The number of nitrogens with zero attached hydrogens (tertiary/aromatic N) is 2. The summed E-state index contributed by atoms with van der Waals surface area (Å²) in [6.45, 7) is 18.4. The number of amides is 2. The summed E-state index contributed by atoms with van der Waals surface area (Å²) in [5.74, 6) is 2.06. The first kappa shape index (κ1) is 45.6. The Hall–Kier alpha value is -4.58. The van der Waals surface area contributed by atoms with Crippen molar-refractivity contribution in [2.75, 3.05) is 32.6 Å². The number of carbonyl (C=O) groups excluding carboxylic acids is 3. The van der Waals surface area contributed by atoms with Crippen molar-refractivity contribution in [2.24, 2.45) is 17.8 Å². The third-order valence-electron chi connectivity index (χ3n) is 8.65. The predicted octanol–water partition coefficient (Wildman–Crippen LogP) is 8.75. The molecule has 296 valence electrons. The van der Waals surface area contributed by atoms with Crippen LogP contribution in [-0.4, -0.2) is 66.5 Å². The minimum Gasteiger partial charge on any atom is -0.496 e. The zero-order valence-corrected chi connectivity index (χ0v) is 34.4. The highest BCUT2D eigenvalue weighted by atomic mass is 32.1. The average molecular weight is 766 g/mol. The molecule has 0 radical (unpaired) electrons. The van der Waals surface area contributed by atoms with E-state index in [0.717, 1.165) is 77.8 Å². The first-order valence-corrected chi connectivity index (χ1v) is 19.7. The molecule has 3 heterocycles. The number of hydrogen-bond acceptors (Lipinski definition) is 8. The van der Waals surface area contributed by atoms with Gasteiger partial charge in [-0.05, 0) is 75.1 Å². The van der Waals surface area contributed by atoms with Crippen molar-refractivity contribution in [2.45, 2.75) is 93.0 Å². The van der Waals surface area contributed by atoms with Crippen molar-refractivity contribution < 1.29 is 23.5 Å². The van der Waals surface area contributed by atoms with Crippen LogP contribution in [-0.2, 0) is 14.4 Å². The van der Waals surface area contributed by atoms with Crippen LogP contribution in [0, 0.1) is 24.7 Å². The van der Waals surface area contributed by atoms with E-state index >= 15 is 0 Å². The number of rotatable bonds is 9. The number of methoxy groups -OCH3 is 1. The number of hydrogen-bond donors (Lipinski definition) is 3. The summed E-state index contributed by atoms with van der Waals surface area (Å²) >= 11 is 1.55. The number of nitrogens with one attached hydrogen (secondary N) is 3. The molecule has 1 saturated carbocycles. The molecule has 0 spiro atoms. The Balaban J connectivity index is 0.000000264. The summed E-state index contributed by atoms with van der Waals surface area (Å²) in [4.78, 5) is 53.3. The van der Waals surface area contributed by atoms with Crippen molar-refractivity contribution in [1.82, 2.24) is 20.2 Å². The third-order valence-corrected chi connectivity index (χ3v) is 9.55. The van der Waals surface area contributed by atoms with E-state index in [-0.39, 0.29) is 23.3 Å². The summed E-state index contributed by atoms with van der Waals surface area (Å²) in [7, 11) is 3.22. The van der Waals surface area contributed by atoms with Crippen molar-refractivity contribution in [3.05, 3.63) is 75.4 Å². The van der Waals surface area contributed by atoms with Gasteiger partial charge in [-0.2, -0.15) is 4.39 Å². The SMILES string of the molecule is CC(C)C.CCC1CC1C(=O)F.CCNc1ccccc1.CNC(=O)C1CCCN1C=O.COc1ccc2c(=O)cc(-c3nc(C(C)C)cs3)[nH]c2c1C. The van der Waals surface area contributed by atoms with E-state index in [1.54, 1.807) is 42.5 Å². The Morgan fingerprint density at radius 3 is 2.26 bits per heavy atom. The topological polar surface area (TPSA) is 133 Å². The fourth-order valence-electron chi connectivity index (χ4n) is 5.55. The minimum absolute atomic E-state index is 0.00389. The number of benzene rings is 2. The average Bonchev–Trinajstić information content (AvgIpc) is 3.51. The minimum atomic E-state index is -1.11. The molecule has 12 heteroatoms. The maximum atomic E-state index is 12.4. The van der Waals surface area contributed by atoms with Crippen molar-refractivity contribution >= 4 is 46.3 Å². The van der Waals surface area contributed by atoms with Gasteiger partial charge in [-0.15, -0.1) is 11.3 Å². The van der Waals surface area contributed by atoms with Crippen molar-refractivity contribution in [3.63, 3.8) is 0 Å². The second-order valence-corrected chi connectivity index (χ2v) is 15.0. The molecular formula is C42H60FN5O5S. The third kappa shape index (κ3) is 14.3. The van der Waals surface area contributed by atoms with E-state index in [0.29, 0.717) is 23.8 Å². The molecule has 4 aromatic rings. The number of likely N-dealkylation sites (N-methyl/N-ethyl adjacent to an activating group) is 1. The van der Waals surface area contributed by atoms with Gasteiger partial charge in [0.05, 0.1) is 29.9 Å². The summed E-state index contributed by atoms with van der Waals surface area (Å²) in [6.07, 6.45) is 4.19. The van der Waals surface area contributed by atoms with E-state index < -0.39 is 6.04 Å². The zero-order valence-electron chi connectivity index (χ0n) is 33.6. The van der Waals surface area contributed by atoms with Gasteiger partial charge in [0.25, 0.3) is 0 Å². The number of anilines is 1. The van der Waals surface area contributed by atoms with Gasteiger partial charge in [0, 0.05) is 48.2 Å². The number of thiazole rings is 1. The molecule has 1 aliphatic heterocycles. The van der Waals surface area contributed by atoms with E-state index in [1.807, 2.05) is 43.5 Å². The van der Waals surface area contributed by atoms with Gasteiger partial charge in [0.15, 0.2) is 5.43 Å². The molecule has 3 unspecified atom stereocenters. The molecule has 2 aromatic heterocycles. The maximum Gasteiger partial charge on any atom is 0.304 e. The maximum absolute atomic E-state index is 12.4. The van der Waals surface area contributed by atoms with Crippen molar-refractivity contribution in [3.8, 4) is 16.5 Å². The number of carbonyl (C=O) groups is 3. The number of aromatic amines is 1. The van der Waals surface area contributed by atoms with E-state index in [9.17, 15) is 23.6 Å². The Morgan fingerprint density at radius 1 is 1.11 bits per heavy atom. The van der Waals surface area contributed by atoms with Crippen LogP contribution in [0.25, 0.3) is 21.6 Å². The number of fused-ring (bicyclic) bond motifs is 1. The lowest BCUT2D eigenvalue weighted by atomic mass is 10.1. The molecule has 2 amide bonds. The number of para-hydroxylation sites is 1. The molecule has 3 N–H and O–H groups in total. The second kappa shape index (κ2) is 23.3. The highest BCUT2D eigenvalue weighted by molar-refractivity contribution is 7.13. The molecule has 3 atom stereocenters. The van der Waals surface area contributed by atoms with Gasteiger partial charge in [-0.3, -0.25) is 19.2 Å². The summed E-state index contributed by atoms with van der Waals surface area (Å²) in [6, 6.07) is 14.1. The van der Waals surface area contributed by atoms with Gasteiger partial charge in [0.2, 0.25) is 12.3 Å². The molecule has 54 heavy (non-hydrogen) atoms. The molecule has 1 saturated heterocycles. The predicted molar refractivity (Wildman–Crippen MR) is 220 cm³/mol. The Bertz CT molecular complexity index is 1810. The quantitative estimate of drug-likeness (QED) is 0.115. The number of aromatic nitrogens is 2. The second-order valence-electron chi connectivity index (χ2n) is 14.2. The van der Waals surface area contributed by atoms with Gasteiger partial charge in [-0.1, -0.05) is 66.2 Å². The van der Waals surface area contributed by atoms with Gasteiger partial charge in [0.1, 0.15) is 16.8 Å². The smallest absolute Gasteiger partial charge is 0.304 e. The number of likely N-dealkylation sites (tertiary alicyclic amines) is 1. The number of halogens is 1. The van der Waals surface area contributed by atoms with Crippen molar-refractivity contribution in [1.29, 1.82) is 0 Å². The molecule has 0 bridgehead atoms. The highest BCUT2D eigenvalue weighted by Crippen LogP contribution is 2.41. The first-order valence-electron chi connectivity index (χ1n) is 18.8. The van der Waals surface area contributed by atoms with Crippen LogP contribution < -0.4 is 20.8 Å². The Labute approximate surface area is 324 Å².